The summed E-state index contributed by atoms with van der Waals surface area (Å²) in [4.78, 5) is 0. The number of ether oxygens (including phenoxy) is 1. The first kappa shape index (κ1) is 21.5. The van der Waals surface area contributed by atoms with Crippen LogP contribution in [0.5, 0.6) is 5.75 Å². The van der Waals surface area contributed by atoms with Gasteiger partial charge in [0.1, 0.15) is 6.61 Å². The van der Waals surface area contributed by atoms with Crippen LogP contribution in [0.3, 0.4) is 0 Å². The van der Waals surface area contributed by atoms with E-state index in [1.54, 1.807) is 24.3 Å². The largest absolute Gasteiger partial charge is 0.486 e. The van der Waals surface area contributed by atoms with E-state index < -0.39 is 17.5 Å². The van der Waals surface area contributed by atoms with E-state index in [0.717, 1.165) is 38.5 Å². The van der Waals surface area contributed by atoms with Gasteiger partial charge in [0, 0.05) is 0 Å². The Bertz CT molecular complexity index is 893. The molecule has 1 aliphatic carbocycles. The first-order valence-electron chi connectivity index (χ1n) is 10.6. The Hall–Kier alpha value is -2.23. The molecule has 0 aromatic heterocycles. The van der Waals surface area contributed by atoms with Gasteiger partial charge in [0.05, 0.1) is 5.39 Å². The molecular formula is C25H29F3O. The van der Waals surface area contributed by atoms with E-state index >= 15 is 0 Å². The SMILES string of the molecule is CC=CCOc1ccc2cc(C3CCC(/C=C/CCC)CC3)c(F)c(F)c2c1F. The molecule has 29 heavy (non-hydrogen) atoms. The van der Waals surface area contributed by atoms with Gasteiger partial charge in [-0.25, -0.2) is 13.2 Å². The van der Waals surface area contributed by atoms with Crippen LogP contribution in [0.1, 0.15) is 63.9 Å². The van der Waals surface area contributed by atoms with E-state index in [4.69, 9.17) is 4.74 Å². The van der Waals surface area contributed by atoms with E-state index in [0.29, 0.717) is 16.9 Å². The molecule has 3 rings (SSSR count). The van der Waals surface area contributed by atoms with Crippen molar-refractivity contribution in [3.05, 3.63) is 65.5 Å². The van der Waals surface area contributed by atoms with Gasteiger partial charge in [0.25, 0.3) is 0 Å². The fraction of sp³-hybridized carbons (Fsp3) is 0.440. The topological polar surface area (TPSA) is 9.23 Å². The Labute approximate surface area is 171 Å². The van der Waals surface area contributed by atoms with Crippen molar-refractivity contribution >= 4 is 10.8 Å². The molecule has 0 atom stereocenters. The zero-order valence-corrected chi connectivity index (χ0v) is 17.2. The second kappa shape index (κ2) is 10.00. The van der Waals surface area contributed by atoms with E-state index in [1.807, 2.05) is 6.92 Å². The standard InChI is InChI=1S/C25H29F3O/c1-3-5-7-8-17-9-11-18(12-10-17)20-16-19-13-14-21(29-15-6-4-2)24(27)22(19)25(28)23(20)26/h4,6-8,13-14,16-18H,3,5,9-12,15H2,1-2H3/b6-4?,8-7+. The van der Waals surface area contributed by atoms with Gasteiger partial charge in [-0.3, -0.25) is 0 Å². The van der Waals surface area contributed by atoms with Crippen molar-refractivity contribution in [3.8, 4) is 5.75 Å². The van der Waals surface area contributed by atoms with E-state index in [1.165, 1.54) is 6.07 Å². The predicted molar refractivity (Wildman–Crippen MR) is 113 cm³/mol. The minimum Gasteiger partial charge on any atom is -0.486 e. The van der Waals surface area contributed by atoms with E-state index in [2.05, 4.69) is 19.1 Å². The van der Waals surface area contributed by atoms with Crippen molar-refractivity contribution in [2.75, 3.05) is 6.61 Å². The third-order valence-electron chi connectivity index (χ3n) is 5.76. The molecule has 0 bridgehead atoms. The number of hydrogen-bond acceptors (Lipinski definition) is 1. The van der Waals surface area contributed by atoms with E-state index in [9.17, 15) is 13.2 Å². The second-order valence-electron chi connectivity index (χ2n) is 7.78. The Morgan fingerprint density at radius 1 is 1.00 bits per heavy atom. The van der Waals surface area contributed by atoms with Crippen molar-refractivity contribution in [2.45, 2.75) is 58.3 Å². The van der Waals surface area contributed by atoms with Crippen LogP contribution in [-0.2, 0) is 0 Å². The highest BCUT2D eigenvalue weighted by atomic mass is 19.2. The quantitative estimate of drug-likeness (QED) is 0.429. The average Bonchev–Trinajstić information content (AvgIpc) is 2.73. The molecule has 0 saturated heterocycles. The molecule has 1 fully saturated rings. The van der Waals surface area contributed by atoms with Crippen LogP contribution in [0.2, 0.25) is 0 Å². The van der Waals surface area contributed by atoms with Gasteiger partial charge >= 0.3 is 0 Å². The molecule has 1 nitrogen and oxygen atoms in total. The van der Waals surface area contributed by atoms with Gasteiger partial charge < -0.3 is 4.74 Å². The molecule has 156 valence electrons. The fourth-order valence-electron chi connectivity index (χ4n) is 4.10. The summed E-state index contributed by atoms with van der Waals surface area (Å²) in [6.07, 6.45) is 13.8. The minimum atomic E-state index is -1.11. The zero-order valence-electron chi connectivity index (χ0n) is 17.2. The maximum Gasteiger partial charge on any atom is 0.175 e. The monoisotopic (exact) mass is 402 g/mol. The Morgan fingerprint density at radius 3 is 2.45 bits per heavy atom. The van der Waals surface area contributed by atoms with Crippen LogP contribution < -0.4 is 4.74 Å². The predicted octanol–water partition coefficient (Wildman–Crippen LogP) is 7.84. The van der Waals surface area contributed by atoms with Crippen LogP contribution in [0.25, 0.3) is 10.8 Å². The first-order chi connectivity index (χ1) is 14.1. The van der Waals surface area contributed by atoms with E-state index in [-0.39, 0.29) is 23.7 Å². The maximum absolute atomic E-state index is 14.9. The van der Waals surface area contributed by atoms with Crippen LogP contribution >= 0.6 is 0 Å². The molecule has 2 aromatic carbocycles. The molecule has 0 heterocycles. The molecule has 0 amide bonds. The van der Waals surface area contributed by atoms with Crippen molar-refractivity contribution < 1.29 is 17.9 Å². The Balaban J connectivity index is 1.84. The van der Waals surface area contributed by atoms with Gasteiger partial charge in [0.15, 0.2) is 23.2 Å². The molecule has 0 unspecified atom stereocenters. The van der Waals surface area contributed by atoms with Crippen LogP contribution in [0, 0.1) is 23.4 Å². The average molecular weight is 403 g/mol. The van der Waals surface area contributed by atoms with Gasteiger partial charge in [0.2, 0.25) is 0 Å². The van der Waals surface area contributed by atoms with Crippen molar-refractivity contribution in [3.63, 3.8) is 0 Å². The summed E-state index contributed by atoms with van der Waals surface area (Å²) in [5.41, 5.74) is 0.368. The fourth-order valence-corrected chi connectivity index (χ4v) is 4.10. The van der Waals surface area contributed by atoms with Crippen LogP contribution in [0.4, 0.5) is 13.2 Å². The third kappa shape index (κ3) is 4.85. The van der Waals surface area contributed by atoms with Crippen molar-refractivity contribution in [1.82, 2.24) is 0 Å². The summed E-state index contributed by atoms with van der Waals surface area (Å²) in [7, 11) is 0. The summed E-state index contributed by atoms with van der Waals surface area (Å²) in [5.74, 6) is -2.47. The Morgan fingerprint density at radius 2 is 1.76 bits per heavy atom. The summed E-state index contributed by atoms with van der Waals surface area (Å²) in [6.45, 7) is 4.15. The summed E-state index contributed by atoms with van der Waals surface area (Å²) in [5, 5.41) is 0.0418. The van der Waals surface area contributed by atoms with Gasteiger partial charge in [-0.15, -0.1) is 0 Å². The lowest BCUT2D eigenvalue weighted by molar-refractivity contribution is 0.342. The van der Waals surface area contributed by atoms with Crippen molar-refractivity contribution in [2.24, 2.45) is 5.92 Å². The molecule has 0 aliphatic heterocycles. The van der Waals surface area contributed by atoms with Crippen molar-refractivity contribution in [1.29, 1.82) is 0 Å². The number of hydrogen-bond donors (Lipinski definition) is 0. The highest BCUT2D eigenvalue weighted by Gasteiger charge is 2.27. The molecule has 0 spiro atoms. The lowest BCUT2D eigenvalue weighted by atomic mass is 9.78. The molecule has 1 aliphatic rings. The molecule has 1 saturated carbocycles. The highest BCUT2D eigenvalue weighted by molar-refractivity contribution is 5.86. The lowest BCUT2D eigenvalue weighted by Crippen LogP contribution is -2.14. The number of allylic oxidation sites excluding steroid dienone is 3. The smallest absolute Gasteiger partial charge is 0.175 e. The number of rotatable bonds is 7. The third-order valence-corrected chi connectivity index (χ3v) is 5.76. The zero-order chi connectivity index (χ0) is 20.8. The highest BCUT2D eigenvalue weighted by Crippen LogP contribution is 2.40. The summed E-state index contributed by atoms with van der Waals surface area (Å²) in [6, 6.07) is 4.71. The second-order valence-corrected chi connectivity index (χ2v) is 7.78. The Kier molecular flexibility index (Phi) is 7.40. The summed E-state index contributed by atoms with van der Waals surface area (Å²) < 4.78 is 49.8. The first-order valence-corrected chi connectivity index (χ1v) is 10.6. The maximum atomic E-state index is 14.9. The number of halogens is 3. The normalized spacial score (nSPS) is 20.2. The van der Waals surface area contributed by atoms with Crippen LogP contribution in [0.15, 0.2) is 42.5 Å². The number of benzene rings is 2. The number of fused-ring (bicyclic) bond motifs is 1. The lowest BCUT2D eigenvalue weighted by Gasteiger charge is -2.28. The van der Waals surface area contributed by atoms with Gasteiger partial charge in [-0.1, -0.05) is 43.7 Å². The molecule has 2 aromatic rings. The summed E-state index contributed by atoms with van der Waals surface area (Å²) >= 11 is 0. The minimum absolute atomic E-state index is 0.0293. The van der Waals surface area contributed by atoms with Crippen LogP contribution in [-0.4, -0.2) is 6.61 Å². The van der Waals surface area contributed by atoms with Gasteiger partial charge in [-0.2, -0.15) is 0 Å². The molecular weight excluding hydrogens is 373 g/mol. The van der Waals surface area contributed by atoms with Gasteiger partial charge in [-0.05, 0) is 73.9 Å². The molecule has 4 heteroatoms. The molecule has 0 N–H and O–H groups in total. The number of unbranched alkanes of at least 4 members (excludes halogenated alkanes) is 1. The molecule has 0 radical (unpaired) electrons.